The zero-order valence-electron chi connectivity index (χ0n) is 16.5. The number of hydrogen-bond donors (Lipinski definition) is 2. The van der Waals surface area contributed by atoms with Crippen LogP contribution >= 0.6 is 0 Å². The molecule has 2 saturated heterocycles. The third kappa shape index (κ3) is 2.47. The first kappa shape index (κ1) is 20.2. The minimum absolute atomic E-state index is 0.00270. The molecule has 2 bridgehead atoms. The third-order valence-corrected chi connectivity index (χ3v) is 6.15. The maximum absolute atomic E-state index is 13.3. The van der Waals surface area contributed by atoms with Crippen molar-refractivity contribution in [3.8, 4) is 0 Å². The van der Waals surface area contributed by atoms with Crippen molar-refractivity contribution < 1.29 is 39.1 Å². The lowest BCUT2D eigenvalue weighted by Crippen LogP contribution is -2.99. The van der Waals surface area contributed by atoms with Crippen LogP contribution in [-0.4, -0.2) is 41.7 Å². The van der Waals surface area contributed by atoms with Crippen LogP contribution < -0.4 is 10.1 Å². The van der Waals surface area contributed by atoms with Crippen molar-refractivity contribution in [1.29, 1.82) is 0 Å². The quantitative estimate of drug-likeness (QED) is 0.398. The van der Waals surface area contributed by atoms with Crippen molar-refractivity contribution in [1.82, 2.24) is 0 Å². The second-order valence-electron chi connectivity index (χ2n) is 7.67. The Labute approximate surface area is 171 Å². The number of hydrogen-bond acceptors (Lipinski definition) is 8. The molecule has 2 N–H and O–H groups in total. The molecule has 30 heavy (non-hydrogen) atoms. The van der Waals surface area contributed by atoms with E-state index >= 15 is 0 Å². The van der Waals surface area contributed by atoms with E-state index in [2.05, 4.69) is 0 Å². The lowest BCUT2D eigenvalue weighted by atomic mass is 9.57. The van der Waals surface area contributed by atoms with Crippen LogP contribution in [0.4, 0.5) is 11.4 Å². The number of carbonyl (C=O) groups is 4. The average Bonchev–Trinajstić information content (AvgIpc) is 2.96. The van der Waals surface area contributed by atoms with E-state index in [9.17, 15) is 24.4 Å². The predicted molar refractivity (Wildman–Crippen MR) is 99.0 cm³/mol. The van der Waals surface area contributed by atoms with Crippen molar-refractivity contribution in [3.63, 3.8) is 0 Å². The maximum atomic E-state index is 13.3. The maximum Gasteiger partial charge on any atom is 0.335 e. The molecule has 0 aromatic heterocycles. The number of benzene rings is 1. The molecule has 4 aliphatic rings. The summed E-state index contributed by atoms with van der Waals surface area (Å²) in [7, 11) is 0. The molecule has 0 spiro atoms. The van der Waals surface area contributed by atoms with Crippen LogP contribution in [0.3, 0.4) is 0 Å². The van der Waals surface area contributed by atoms with Gasteiger partial charge in [0.15, 0.2) is 5.69 Å². The minimum Gasteiger partial charge on any atom is -0.595 e. The summed E-state index contributed by atoms with van der Waals surface area (Å²) in [6.07, 6.45) is -1.04. The van der Waals surface area contributed by atoms with Gasteiger partial charge in [-0.05, 0) is 38.5 Å². The molecule has 1 aliphatic carbocycles. The highest BCUT2D eigenvalue weighted by Gasteiger charge is 2.71. The van der Waals surface area contributed by atoms with E-state index in [1.54, 1.807) is 13.8 Å². The van der Waals surface area contributed by atoms with Gasteiger partial charge < -0.3 is 14.7 Å². The topological polar surface area (TPSA) is 138 Å². The standard InChI is InChI=1S/C20H20N2O8/c1-4-29-18(25)13-9(2)15-12-14(20(13,3)19(26)30-15)17(24)21(16(12)23)10-5-7-11(8-6-10)22(27)28/h5-8,12,14-15,22,27H,4H2,1-3H3/t12-,14+,15+,20+/m0/s1. The molecule has 3 aliphatic heterocycles. The first-order valence-corrected chi connectivity index (χ1v) is 9.45. The van der Waals surface area contributed by atoms with Gasteiger partial charge in [-0.1, -0.05) is 0 Å². The fourth-order valence-corrected chi connectivity index (χ4v) is 4.79. The summed E-state index contributed by atoms with van der Waals surface area (Å²) in [5, 5.41) is 19.0. The summed E-state index contributed by atoms with van der Waals surface area (Å²) in [5.74, 6) is -4.71. The number of rotatable bonds is 4. The fraction of sp³-hybridized carbons (Fsp3) is 0.400. The van der Waals surface area contributed by atoms with Crippen molar-refractivity contribution >= 4 is 35.1 Å². The van der Waals surface area contributed by atoms with Gasteiger partial charge in [-0.15, -0.1) is 0 Å². The molecule has 3 heterocycles. The molecule has 158 valence electrons. The summed E-state index contributed by atoms with van der Waals surface area (Å²) in [4.78, 5) is 52.9. The van der Waals surface area contributed by atoms with Crippen molar-refractivity contribution in [2.24, 2.45) is 17.3 Å². The zero-order chi connectivity index (χ0) is 22.0. The molecule has 0 saturated carbocycles. The molecular weight excluding hydrogens is 396 g/mol. The van der Waals surface area contributed by atoms with Crippen LogP contribution in [0.2, 0.25) is 0 Å². The van der Waals surface area contributed by atoms with Gasteiger partial charge in [-0.3, -0.25) is 14.4 Å². The molecule has 0 radical (unpaired) electrons. The van der Waals surface area contributed by atoms with Gasteiger partial charge in [-0.2, -0.15) is 5.23 Å². The molecule has 5 rings (SSSR count). The second kappa shape index (κ2) is 6.73. The smallest absolute Gasteiger partial charge is 0.335 e. The van der Waals surface area contributed by atoms with Gasteiger partial charge in [0, 0.05) is 12.1 Å². The van der Waals surface area contributed by atoms with Gasteiger partial charge in [-0.25, -0.2) is 14.9 Å². The lowest BCUT2D eigenvalue weighted by Gasteiger charge is -2.48. The van der Waals surface area contributed by atoms with Crippen LogP contribution in [0.15, 0.2) is 35.4 Å². The SMILES string of the molecule is CCOC(=O)C1=C(C)[C@H]2OC(=O)[C@@]1(C)[C@H]1C(=O)N(c3ccc([NH+]([O-])O)cc3)C(=O)[C@H]21. The Morgan fingerprint density at radius 1 is 1.27 bits per heavy atom. The highest BCUT2D eigenvalue weighted by molar-refractivity contribution is 6.25. The highest BCUT2D eigenvalue weighted by Crippen LogP contribution is 2.58. The number of fused-ring (bicyclic) bond motifs is 1. The molecule has 1 aromatic rings. The number of amides is 2. The fourth-order valence-electron chi connectivity index (χ4n) is 4.79. The number of nitrogens with one attached hydrogen (secondary N) is 1. The van der Waals surface area contributed by atoms with E-state index in [-0.39, 0.29) is 23.6 Å². The van der Waals surface area contributed by atoms with E-state index in [0.717, 1.165) is 4.90 Å². The van der Waals surface area contributed by atoms with Gasteiger partial charge >= 0.3 is 11.9 Å². The Morgan fingerprint density at radius 2 is 1.90 bits per heavy atom. The molecule has 2 fully saturated rings. The Bertz CT molecular complexity index is 999. The molecular formula is C20H20N2O8. The van der Waals surface area contributed by atoms with Crippen LogP contribution in [0, 0.1) is 22.5 Å². The molecule has 10 nitrogen and oxygen atoms in total. The van der Waals surface area contributed by atoms with Crippen LogP contribution in [-0.2, 0) is 28.7 Å². The minimum atomic E-state index is -1.65. The van der Waals surface area contributed by atoms with E-state index in [1.807, 2.05) is 0 Å². The van der Waals surface area contributed by atoms with E-state index < -0.39 is 52.3 Å². The predicted octanol–water partition coefficient (Wildman–Crippen LogP) is 0.0205. The summed E-state index contributed by atoms with van der Waals surface area (Å²) < 4.78 is 10.6. The number of esters is 2. The Kier molecular flexibility index (Phi) is 4.53. The molecule has 5 atom stereocenters. The third-order valence-electron chi connectivity index (χ3n) is 6.15. The number of carbonyl (C=O) groups excluding carboxylic acids is 4. The van der Waals surface area contributed by atoms with Crippen LogP contribution in [0.5, 0.6) is 0 Å². The van der Waals surface area contributed by atoms with Crippen LogP contribution in [0.25, 0.3) is 0 Å². The first-order valence-electron chi connectivity index (χ1n) is 9.45. The number of imide groups is 1. The second-order valence-corrected chi connectivity index (χ2v) is 7.67. The summed E-state index contributed by atoms with van der Waals surface area (Å²) in [5.41, 5.74) is -0.992. The summed E-state index contributed by atoms with van der Waals surface area (Å²) in [6.45, 7) is 4.75. The van der Waals surface area contributed by atoms with E-state index in [4.69, 9.17) is 14.7 Å². The average molecular weight is 416 g/mol. The van der Waals surface area contributed by atoms with E-state index in [0.29, 0.717) is 5.57 Å². The Morgan fingerprint density at radius 3 is 2.47 bits per heavy atom. The Balaban J connectivity index is 1.80. The number of ether oxygens (including phenoxy) is 2. The van der Waals surface area contributed by atoms with Gasteiger partial charge in [0.05, 0.1) is 29.7 Å². The number of nitrogens with zero attached hydrogens (tertiary/aromatic N) is 1. The highest BCUT2D eigenvalue weighted by atomic mass is 16.8. The molecule has 2 amide bonds. The zero-order valence-corrected chi connectivity index (χ0v) is 16.5. The normalized spacial score (nSPS) is 31.0. The van der Waals surface area contributed by atoms with Gasteiger partial charge in [0.2, 0.25) is 11.8 Å². The monoisotopic (exact) mass is 416 g/mol. The largest absolute Gasteiger partial charge is 0.595 e. The summed E-state index contributed by atoms with van der Waals surface area (Å²) in [6, 6.07) is 5.28. The summed E-state index contributed by atoms with van der Waals surface area (Å²) >= 11 is 0. The number of quaternary nitrogens is 1. The van der Waals surface area contributed by atoms with E-state index in [1.165, 1.54) is 31.2 Å². The molecule has 1 unspecified atom stereocenters. The van der Waals surface area contributed by atoms with Crippen molar-refractivity contribution in [2.75, 3.05) is 11.5 Å². The van der Waals surface area contributed by atoms with Crippen molar-refractivity contribution in [3.05, 3.63) is 40.6 Å². The Hall–Kier alpha value is -3.08. The van der Waals surface area contributed by atoms with Gasteiger partial charge in [0.1, 0.15) is 11.5 Å². The molecule has 1 aromatic carbocycles. The van der Waals surface area contributed by atoms with Crippen molar-refractivity contribution in [2.45, 2.75) is 26.9 Å². The van der Waals surface area contributed by atoms with Crippen LogP contribution in [0.1, 0.15) is 20.8 Å². The lowest BCUT2D eigenvalue weighted by molar-refractivity contribution is -0.991. The first-order chi connectivity index (χ1) is 14.1. The van der Waals surface area contributed by atoms with Gasteiger partial charge in [0.25, 0.3) is 0 Å². The number of anilines is 1. The molecule has 10 heteroatoms.